The Morgan fingerprint density at radius 2 is 2.19 bits per heavy atom. The van der Waals surface area contributed by atoms with Crippen molar-refractivity contribution in [1.82, 2.24) is 14.7 Å². The van der Waals surface area contributed by atoms with Crippen molar-refractivity contribution in [3.8, 4) is 5.75 Å². The first-order chi connectivity index (χ1) is 10.2. The van der Waals surface area contributed by atoms with E-state index in [9.17, 15) is 0 Å². The van der Waals surface area contributed by atoms with E-state index < -0.39 is 0 Å². The number of fused-ring (bicyclic) bond motifs is 1. The molecule has 1 N–H and O–H groups in total. The first kappa shape index (κ1) is 13.9. The number of ether oxygens (including phenoxy) is 1. The Morgan fingerprint density at radius 3 is 2.90 bits per heavy atom. The molecule has 0 saturated heterocycles. The molecule has 1 unspecified atom stereocenters. The largest absolute Gasteiger partial charge is 0.493 e. The first-order valence-electron chi connectivity index (χ1n) is 7.28. The summed E-state index contributed by atoms with van der Waals surface area (Å²) in [4.78, 5) is 2.16. The van der Waals surface area contributed by atoms with Gasteiger partial charge in [0.15, 0.2) is 5.75 Å². The number of methoxy groups -OCH3 is 1. The second-order valence-electron chi connectivity index (χ2n) is 5.68. The molecule has 1 atom stereocenters. The second-order valence-corrected chi connectivity index (χ2v) is 5.68. The molecular weight excluding hydrogens is 264 g/mol. The number of para-hydroxylation sites is 1. The van der Waals surface area contributed by atoms with Gasteiger partial charge in [-0.3, -0.25) is 4.68 Å². The molecule has 1 aromatic heterocycles. The number of benzene rings is 1. The number of nitrogens with zero attached hydrogens (tertiary/aromatic N) is 3. The minimum atomic E-state index is 0.224. The summed E-state index contributed by atoms with van der Waals surface area (Å²) in [6, 6.07) is 8.68. The molecule has 0 saturated carbocycles. The van der Waals surface area contributed by atoms with E-state index in [1.54, 1.807) is 7.11 Å². The molecule has 2 heterocycles. The zero-order valence-corrected chi connectivity index (χ0v) is 12.8. The molecule has 0 bridgehead atoms. The van der Waals surface area contributed by atoms with Gasteiger partial charge in [-0.2, -0.15) is 5.10 Å². The normalized spacial score (nSPS) is 16.9. The molecule has 1 aliphatic rings. The SMILES string of the molecule is COc1cnn(CCN(C)C)c1C1Cc2ccccc2N1. The van der Waals surface area contributed by atoms with E-state index in [0.717, 1.165) is 31.0 Å². The van der Waals surface area contributed by atoms with Gasteiger partial charge in [-0.1, -0.05) is 18.2 Å². The molecule has 0 spiro atoms. The van der Waals surface area contributed by atoms with E-state index in [1.807, 2.05) is 6.20 Å². The van der Waals surface area contributed by atoms with Gasteiger partial charge in [0.25, 0.3) is 0 Å². The van der Waals surface area contributed by atoms with Crippen LogP contribution in [0.4, 0.5) is 5.69 Å². The molecule has 0 radical (unpaired) electrons. The highest BCUT2D eigenvalue weighted by Crippen LogP contribution is 2.37. The fourth-order valence-electron chi connectivity index (χ4n) is 2.82. The van der Waals surface area contributed by atoms with E-state index >= 15 is 0 Å². The third-order valence-electron chi connectivity index (χ3n) is 3.93. The minimum absolute atomic E-state index is 0.224. The van der Waals surface area contributed by atoms with Crippen molar-refractivity contribution in [3.63, 3.8) is 0 Å². The molecule has 0 fully saturated rings. The van der Waals surface area contributed by atoms with E-state index in [4.69, 9.17) is 4.74 Å². The van der Waals surface area contributed by atoms with Gasteiger partial charge in [0.05, 0.1) is 25.9 Å². The number of hydrogen-bond acceptors (Lipinski definition) is 4. The highest BCUT2D eigenvalue weighted by Gasteiger charge is 2.27. The maximum atomic E-state index is 5.51. The Labute approximate surface area is 125 Å². The summed E-state index contributed by atoms with van der Waals surface area (Å²) in [5.41, 5.74) is 3.70. The molecule has 3 rings (SSSR count). The fraction of sp³-hybridized carbons (Fsp3) is 0.438. The van der Waals surface area contributed by atoms with Crippen LogP contribution in [0.25, 0.3) is 0 Å². The van der Waals surface area contributed by atoms with Crippen molar-refractivity contribution < 1.29 is 4.74 Å². The molecule has 1 aromatic carbocycles. The molecule has 112 valence electrons. The third-order valence-corrected chi connectivity index (χ3v) is 3.93. The summed E-state index contributed by atoms with van der Waals surface area (Å²) in [6.07, 6.45) is 2.79. The van der Waals surface area contributed by atoms with Crippen molar-refractivity contribution in [3.05, 3.63) is 41.7 Å². The highest BCUT2D eigenvalue weighted by atomic mass is 16.5. The van der Waals surface area contributed by atoms with Gasteiger partial charge in [0, 0.05) is 18.7 Å². The summed E-state index contributed by atoms with van der Waals surface area (Å²) in [5, 5.41) is 8.08. The first-order valence-corrected chi connectivity index (χ1v) is 7.28. The van der Waals surface area contributed by atoms with Crippen LogP contribution in [0.2, 0.25) is 0 Å². The maximum Gasteiger partial charge on any atom is 0.162 e. The predicted octanol–water partition coefficient (Wildman–Crippen LogP) is 2.16. The molecule has 2 aromatic rings. The van der Waals surface area contributed by atoms with Gasteiger partial charge in [-0.15, -0.1) is 0 Å². The summed E-state index contributed by atoms with van der Waals surface area (Å²) in [7, 11) is 5.85. The van der Waals surface area contributed by atoms with E-state index in [-0.39, 0.29) is 6.04 Å². The number of hydrogen-bond donors (Lipinski definition) is 1. The van der Waals surface area contributed by atoms with Crippen LogP contribution in [0.5, 0.6) is 5.75 Å². The van der Waals surface area contributed by atoms with Crippen molar-refractivity contribution in [2.75, 3.05) is 33.1 Å². The molecule has 5 heteroatoms. The lowest BCUT2D eigenvalue weighted by molar-refractivity contribution is 0.363. The Kier molecular flexibility index (Phi) is 3.84. The Morgan fingerprint density at radius 1 is 1.38 bits per heavy atom. The van der Waals surface area contributed by atoms with Crippen molar-refractivity contribution in [2.45, 2.75) is 19.0 Å². The zero-order chi connectivity index (χ0) is 14.8. The van der Waals surface area contributed by atoms with Crippen LogP contribution < -0.4 is 10.1 Å². The molecular formula is C16H22N4O. The van der Waals surface area contributed by atoms with Crippen LogP contribution in [0.3, 0.4) is 0 Å². The van der Waals surface area contributed by atoms with Crippen LogP contribution in [0.1, 0.15) is 17.3 Å². The average molecular weight is 286 g/mol. The molecule has 0 amide bonds. The lowest BCUT2D eigenvalue weighted by Crippen LogP contribution is -2.22. The van der Waals surface area contributed by atoms with Gasteiger partial charge in [-0.25, -0.2) is 0 Å². The van der Waals surface area contributed by atoms with Crippen molar-refractivity contribution in [2.24, 2.45) is 0 Å². The molecule has 1 aliphatic heterocycles. The Bertz CT molecular complexity index is 595. The van der Waals surface area contributed by atoms with Gasteiger partial charge < -0.3 is 15.0 Å². The molecule has 5 nitrogen and oxygen atoms in total. The van der Waals surface area contributed by atoms with Crippen LogP contribution in [-0.2, 0) is 13.0 Å². The summed E-state index contributed by atoms with van der Waals surface area (Å²) in [6.45, 7) is 1.82. The summed E-state index contributed by atoms with van der Waals surface area (Å²) >= 11 is 0. The lowest BCUT2D eigenvalue weighted by atomic mass is 10.1. The third kappa shape index (κ3) is 2.74. The van der Waals surface area contributed by atoms with Crippen molar-refractivity contribution >= 4 is 5.69 Å². The van der Waals surface area contributed by atoms with Gasteiger partial charge in [-0.05, 0) is 25.7 Å². The number of nitrogens with one attached hydrogen (secondary N) is 1. The van der Waals surface area contributed by atoms with Gasteiger partial charge >= 0.3 is 0 Å². The van der Waals surface area contributed by atoms with Gasteiger partial charge in [0.1, 0.15) is 5.69 Å². The monoisotopic (exact) mass is 286 g/mol. The number of anilines is 1. The van der Waals surface area contributed by atoms with Crippen LogP contribution in [-0.4, -0.2) is 42.4 Å². The average Bonchev–Trinajstić information content (AvgIpc) is 3.07. The zero-order valence-electron chi connectivity index (χ0n) is 12.8. The van der Waals surface area contributed by atoms with Crippen molar-refractivity contribution in [1.29, 1.82) is 0 Å². The fourth-order valence-corrected chi connectivity index (χ4v) is 2.82. The number of likely N-dealkylation sites (N-methyl/N-ethyl adjacent to an activating group) is 1. The summed E-state index contributed by atoms with van der Waals surface area (Å²) < 4.78 is 7.57. The number of aromatic nitrogens is 2. The summed E-state index contributed by atoms with van der Waals surface area (Å²) in [5.74, 6) is 0.860. The minimum Gasteiger partial charge on any atom is -0.493 e. The highest BCUT2D eigenvalue weighted by molar-refractivity contribution is 5.58. The molecule has 21 heavy (non-hydrogen) atoms. The van der Waals surface area contributed by atoms with Crippen LogP contribution in [0.15, 0.2) is 30.5 Å². The standard InChI is InChI=1S/C16H22N4O/c1-19(2)8-9-20-16(15(21-3)11-17-20)14-10-12-6-4-5-7-13(12)18-14/h4-7,11,14,18H,8-10H2,1-3H3. The van der Waals surface area contributed by atoms with E-state index in [0.29, 0.717) is 0 Å². The Hall–Kier alpha value is -2.01. The Balaban J connectivity index is 1.86. The maximum absolute atomic E-state index is 5.51. The van der Waals surface area contributed by atoms with Gasteiger partial charge in [0.2, 0.25) is 0 Å². The predicted molar refractivity (Wildman–Crippen MR) is 83.8 cm³/mol. The lowest BCUT2D eigenvalue weighted by Gasteiger charge is -2.17. The second kappa shape index (κ2) is 5.77. The molecule has 0 aliphatic carbocycles. The van der Waals surface area contributed by atoms with Crippen LogP contribution >= 0.6 is 0 Å². The smallest absolute Gasteiger partial charge is 0.162 e. The van der Waals surface area contributed by atoms with E-state index in [1.165, 1.54) is 11.3 Å². The van der Waals surface area contributed by atoms with E-state index in [2.05, 4.69) is 58.4 Å². The topological polar surface area (TPSA) is 42.3 Å². The van der Waals surface area contributed by atoms with Crippen LogP contribution in [0, 0.1) is 0 Å². The number of rotatable bonds is 5. The quantitative estimate of drug-likeness (QED) is 0.914.